The van der Waals surface area contributed by atoms with E-state index in [0.29, 0.717) is 0 Å². The molecule has 0 atom stereocenters. The Bertz CT molecular complexity index is 340. The third-order valence-electron chi connectivity index (χ3n) is 3.24. The van der Waals surface area contributed by atoms with E-state index < -0.39 is 0 Å². The fourth-order valence-corrected chi connectivity index (χ4v) is 2.40. The molecule has 1 N–H and O–H groups in total. The quantitative estimate of drug-likeness (QED) is 0.723. The summed E-state index contributed by atoms with van der Waals surface area (Å²) in [4.78, 5) is 2.38. The molecule has 15 heavy (non-hydrogen) atoms. The molecule has 82 valence electrons. The number of rotatable bonds is 1. The van der Waals surface area contributed by atoms with Gasteiger partial charge in [0.05, 0.1) is 6.54 Å². The van der Waals surface area contributed by atoms with Crippen molar-refractivity contribution in [3.05, 3.63) is 5.82 Å². The maximum absolute atomic E-state index is 4.32. The lowest BCUT2D eigenvalue weighted by atomic mass is 10.1. The van der Waals surface area contributed by atoms with Gasteiger partial charge in [-0.15, -0.1) is 10.2 Å². The molecule has 0 spiro atoms. The second-order valence-electron chi connectivity index (χ2n) is 4.29. The lowest BCUT2D eigenvalue weighted by Crippen LogP contribution is -2.35. The number of fused-ring (bicyclic) bond motifs is 1. The number of hydrogen-bond donors (Lipinski definition) is 1. The highest BCUT2D eigenvalue weighted by molar-refractivity contribution is 5.32. The SMILES string of the molecule is C1CCN(c2nnc3n2CCNC3)CC1. The summed E-state index contributed by atoms with van der Waals surface area (Å²) in [5.74, 6) is 2.17. The first-order valence-corrected chi connectivity index (χ1v) is 5.83. The zero-order chi connectivity index (χ0) is 10.1. The van der Waals surface area contributed by atoms with Crippen LogP contribution in [0.1, 0.15) is 25.1 Å². The first kappa shape index (κ1) is 9.15. The average molecular weight is 207 g/mol. The van der Waals surface area contributed by atoms with Gasteiger partial charge in [-0.1, -0.05) is 0 Å². The fraction of sp³-hybridized carbons (Fsp3) is 0.800. The van der Waals surface area contributed by atoms with Gasteiger partial charge in [-0.2, -0.15) is 0 Å². The van der Waals surface area contributed by atoms with Crippen molar-refractivity contribution >= 4 is 5.95 Å². The molecule has 5 nitrogen and oxygen atoms in total. The zero-order valence-electron chi connectivity index (χ0n) is 8.95. The molecule has 3 rings (SSSR count). The lowest BCUT2D eigenvalue weighted by Gasteiger charge is -2.28. The average Bonchev–Trinajstić information content (AvgIpc) is 2.74. The van der Waals surface area contributed by atoms with E-state index in [4.69, 9.17) is 0 Å². The Kier molecular flexibility index (Phi) is 2.32. The summed E-state index contributed by atoms with van der Waals surface area (Å²) in [6.07, 6.45) is 3.94. The minimum absolute atomic E-state index is 0.862. The molecule has 0 unspecified atom stereocenters. The van der Waals surface area contributed by atoms with E-state index in [1.54, 1.807) is 0 Å². The monoisotopic (exact) mass is 207 g/mol. The Morgan fingerprint density at radius 1 is 1.00 bits per heavy atom. The molecule has 3 heterocycles. The Hall–Kier alpha value is -1.10. The normalized spacial score (nSPS) is 21.5. The maximum atomic E-state index is 4.32. The van der Waals surface area contributed by atoms with E-state index in [1.807, 2.05) is 0 Å². The first-order chi connectivity index (χ1) is 7.45. The van der Waals surface area contributed by atoms with E-state index >= 15 is 0 Å². The molecule has 0 amide bonds. The standard InChI is InChI=1S/C10H17N5/c1-2-5-14(6-3-1)10-13-12-9-8-11-4-7-15(9)10/h11H,1-8H2. The molecular formula is C10H17N5. The van der Waals surface area contributed by atoms with Crippen LogP contribution in [0, 0.1) is 0 Å². The largest absolute Gasteiger partial charge is 0.341 e. The van der Waals surface area contributed by atoms with Crippen molar-refractivity contribution in [1.29, 1.82) is 0 Å². The van der Waals surface area contributed by atoms with Crippen molar-refractivity contribution in [3.8, 4) is 0 Å². The van der Waals surface area contributed by atoms with Crippen LogP contribution in [0.25, 0.3) is 0 Å². The van der Waals surface area contributed by atoms with Crippen LogP contribution in [0.4, 0.5) is 5.95 Å². The minimum atomic E-state index is 0.862. The molecule has 2 aliphatic heterocycles. The number of anilines is 1. The van der Waals surface area contributed by atoms with E-state index in [1.165, 1.54) is 19.3 Å². The van der Waals surface area contributed by atoms with Gasteiger partial charge in [0.25, 0.3) is 0 Å². The topological polar surface area (TPSA) is 46.0 Å². The van der Waals surface area contributed by atoms with Gasteiger partial charge in [0.1, 0.15) is 5.82 Å². The van der Waals surface area contributed by atoms with Gasteiger partial charge in [0.2, 0.25) is 5.95 Å². The summed E-state index contributed by atoms with van der Waals surface area (Å²) < 4.78 is 2.27. The van der Waals surface area contributed by atoms with Crippen LogP contribution in [-0.4, -0.2) is 34.4 Å². The highest BCUT2D eigenvalue weighted by Gasteiger charge is 2.21. The third-order valence-corrected chi connectivity index (χ3v) is 3.24. The van der Waals surface area contributed by atoms with Crippen LogP contribution in [0.5, 0.6) is 0 Å². The second kappa shape index (κ2) is 3.81. The summed E-state index contributed by atoms with van der Waals surface area (Å²) in [6, 6.07) is 0. The molecule has 1 aromatic rings. The summed E-state index contributed by atoms with van der Waals surface area (Å²) >= 11 is 0. The molecule has 1 saturated heterocycles. The van der Waals surface area contributed by atoms with E-state index in [0.717, 1.165) is 44.5 Å². The Morgan fingerprint density at radius 3 is 2.73 bits per heavy atom. The van der Waals surface area contributed by atoms with Crippen molar-refractivity contribution < 1.29 is 0 Å². The molecule has 1 fully saturated rings. The third kappa shape index (κ3) is 1.61. The molecular weight excluding hydrogens is 190 g/mol. The second-order valence-corrected chi connectivity index (χ2v) is 4.29. The summed E-state index contributed by atoms with van der Waals surface area (Å²) in [5, 5.41) is 11.9. The molecule has 5 heteroatoms. The van der Waals surface area contributed by atoms with Crippen molar-refractivity contribution in [2.45, 2.75) is 32.4 Å². The van der Waals surface area contributed by atoms with Gasteiger partial charge >= 0.3 is 0 Å². The molecule has 2 aliphatic rings. The van der Waals surface area contributed by atoms with Crippen LogP contribution >= 0.6 is 0 Å². The summed E-state index contributed by atoms with van der Waals surface area (Å²) in [7, 11) is 0. The van der Waals surface area contributed by atoms with Gasteiger partial charge < -0.3 is 10.2 Å². The van der Waals surface area contributed by atoms with E-state index in [-0.39, 0.29) is 0 Å². The lowest BCUT2D eigenvalue weighted by molar-refractivity contribution is 0.492. The highest BCUT2D eigenvalue weighted by Crippen LogP contribution is 2.19. The predicted molar refractivity (Wildman–Crippen MR) is 57.8 cm³/mol. The Morgan fingerprint density at radius 2 is 1.87 bits per heavy atom. The molecule has 0 aliphatic carbocycles. The smallest absolute Gasteiger partial charge is 0.227 e. The fourth-order valence-electron chi connectivity index (χ4n) is 2.40. The van der Waals surface area contributed by atoms with E-state index in [9.17, 15) is 0 Å². The number of hydrogen-bond acceptors (Lipinski definition) is 4. The summed E-state index contributed by atoms with van der Waals surface area (Å²) in [5.41, 5.74) is 0. The van der Waals surface area contributed by atoms with Crippen LogP contribution in [0.15, 0.2) is 0 Å². The first-order valence-electron chi connectivity index (χ1n) is 5.83. The zero-order valence-corrected chi connectivity index (χ0v) is 8.95. The number of nitrogens with zero attached hydrogens (tertiary/aromatic N) is 4. The van der Waals surface area contributed by atoms with Crippen molar-refractivity contribution in [1.82, 2.24) is 20.1 Å². The minimum Gasteiger partial charge on any atom is -0.341 e. The highest BCUT2D eigenvalue weighted by atomic mass is 15.4. The van der Waals surface area contributed by atoms with Crippen LogP contribution in [0.2, 0.25) is 0 Å². The number of aromatic nitrogens is 3. The van der Waals surface area contributed by atoms with Crippen LogP contribution < -0.4 is 10.2 Å². The predicted octanol–water partition coefficient (Wildman–Crippen LogP) is 0.372. The molecule has 1 aromatic heterocycles. The van der Waals surface area contributed by atoms with Gasteiger partial charge in [0.15, 0.2) is 0 Å². The summed E-state index contributed by atoms with van der Waals surface area (Å²) in [6.45, 7) is 5.19. The molecule has 0 saturated carbocycles. The van der Waals surface area contributed by atoms with Gasteiger partial charge in [-0.25, -0.2) is 0 Å². The van der Waals surface area contributed by atoms with Crippen molar-refractivity contribution in [2.24, 2.45) is 0 Å². The molecule has 0 bridgehead atoms. The van der Waals surface area contributed by atoms with Gasteiger partial charge in [0, 0.05) is 26.2 Å². The Labute approximate surface area is 89.5 Å². The van der Waals surface area contributed by atoms with Gasteiger partial charge in [-0.3, -0.25) is 4.57 Å². The van der Waals surface area contributed by atoms with Gasteiger partial charge in [-0.05, 0) is 19.3 Å². The Balaban J connectivity index is 1.87. The molecule has 0 radical (unpaired) electrons. The maximum Gasteiger partial charge on any atom is 0.227 e. The van der Waals surface area contributed by atoms with E-state index in [2.05, 4.69) is 25.0 Å². The number of piperidine rings is 1. The van der Waals surface area contributed by atoms with Crippen LogP contribution in [0.3, 0.4) is 0 Å². The van der Waals surface area contributed by atoms with Crippen LogP contribution in [-0.2, 0) is 13.1 Å². The number of nitrogens with one attached hydrogen (secondary N) is 1. The van der Waals surface area contributed by atoms with Crippen molar-refractivity contribution in [2.75, 3.05) is 24.5 Å². The molecule has 0 aromatic carbocycles. The van der Waals surface area contributed by atoms with Crippen molar-refractivity contribution in [3.63, 3.8) is 0 Å².